The van der Waals surface area contributed by atoms with E-state index in [9.17, 15) is 68.4 Å². The van der Waals surface area contributed by atoms with Crippen LogP contribution in [0.15, 0.2) is 66.7 Å². The predicted octanol–water partition coefficient (Wildman–Crippen LogP) is 1.25. The number of cyclic esters (lactones) is 1. The van der Waals surface area contributed by atoms with E-state index >= 15 is 0 Å². The second kappa shape index (κ2) is 29.7. The van der Waals surface area contributed by atoms with Crippen LogP contribution in [-0.2, 0) is 65.5 Å². The van der Waals surface area contributed by atoms with Crippen molar-refractivity contribution in [3.8, 4) is 5.75 Å². The van der Waals surface area contributed by atoms with Gasteiger partial charge in [-0.05, 0) is 92.9 Å². The minimum absolute atomic E-state index is 0.0403. The van der Waals surface area contributed by atoms with E-state index in [0.29, 0.717) is 36.8 Å². The number of phenols is 1. The molecular formula is C57H80N8O15. The topological polar surface area (TPSA) is 340 Å². The van der Waals surface area contributed by atoms with E-state index < -0.39 is 157 Å². The molecule has 80 heavy (non-hydrogen) atoms. The molecule has 23 nitrogen and oxygen atoms in total. The zero-order chi connectivity index (χ0) is 59.0. The smallest absolute Gasteiger partial charge is 0.329 e. The Hall–Kier alpha value is -7.40. The minimum atomic E-state index is -1.81. The maximum absolute atomic E-state index is 14.9. The molecule has 2 aliphatic heterocycles. The van der Waals surface area contributed by atoms with Crippen molar-refractivity contribution in [1.29, 1.82) is 0 Å². The Labute approximate surface area is 466 Å². The summed E-state index contributed by atoms with van der Waals surface area (Å²) in [7, 11) is 1.39. The average Bonchev–Trinajstić information content (AvgIpc) is 3.46. The molecule has 2 fully saturated rings. The van der Waals surface area contributed by atoms with Gasteiger partial charge in [0.25, 0.3) is 0 Å². The Morgan fingerprint density at radius 2 is 1.45 bits per heavy atom. The van der Waals surface area contributed by atoms with Crippen LogP contribution in [0, 0.1) is 17.8 Å². The number of ether oxygens (including phenoxy) is 1. The average molecular weight is 1120 g/mol. The molecule has 23 heteroatoms. The van der Waals surface area contributed by atoms with E-state index in [1.165, 1.54) is 43.1 Å². The highest BCUT2D eigenvalue weighted by Gasteiger charge is 2.47. The fraction of sp³-hybridized carbons (Fsp3) is 0.579. The van der Waals surface area contributed by atoms with Crippen LogP contribution in [0.5, 0.6) is 5.75 Å². The lowest BCUT2D eigenvalue weighted by Crippen LogP contribution is -2.66. The SMILES string of the molecule is CCCC(=O)N[C@@H](Cc1ccc(O)cc1)C(=O)NC(CCC(=O)N[C@@H]1C(=O)N[C@@H](C[C@H]2C=C[C@H](O)CC2)C(=O)NC2CC[C@@H](O)N(C2=O)[C@@H](C(C)C)C(=O)N(C)[C@@H](Cc2ccccc2)C(=O)N[C@@H]([C@@H](C)CC)C(=O)O[C@@H]1C)C(=O)O. The number of aliphatic hydroxyl groups excluding tert-OH is 2. The van der Waals surface area contributed by atoms with Gasteiger partial charge in [-0.15, -0.1) is 0 Å². The van der Waals surface area contributed by atoms with Crippen molar-refractivity contribution in [3.63, 3.8) is 0 Å². The number of allylic oxidation sites excluding steroid dienone is 1. The van der Waals surface area contributed by atoms with Crippen molar-refractivity contribution in [1.82, 2.24) is 41.7 Å². The van der Waals surface area contributed by atoms with Gasteiger partial charge in [-0.2, -0.15) is 0 Å². The van der Waals surface area contributed by atoms with Crippen LogP contribution in [0.4, 0.5) is 0 Å². The lowest BCUT2D eigenvalue weighted by atomic mass is 9.88. The summed E-state index contributed by atoms with van der Waals surface area (Å²) in [6, 6.07) is 2.97. The van der Waals surface area contributed by atoms with E-state index in [-0.39, 0.29) is 44.3 Å². The Morgan fingerprint density at radius 3 is 2.06 bits per heavy atom. The van der Waals surface area contributed by atoms with Gasteiger partial charge in [0.15, 0.2) is 0 Å². The third kappa shape index (κ3) is 17.5. The molecule has 2 saturated heterocycles. The highest BCUT2D eigenvalue weighted by Crippen LogP contribution is 2.28. The monoisotopic (exact) mass is 1120 g/mol. The number of likely N-dealkylation sites (N-methyl/N-ethyl adjacent to an activating group) is 1. The Kier molecular flexibility index (Phi) is 23.6. The number of rotatable bonds is 19. The molecule has 8 amide bonds. The maximum Gasteiger partial charge on any atom is 0.329 e. The molecule has 0 radical (unpaired) electrons. The number of amides is 8. The molecule has 5 rings (SSSR count). The highest BCUT2D eigenvalue weighted by atomic mass is 16.5. The molecule has 3 aliphatic rings. The van der Waals surface area contributed by atoms with Gasteiger partial charge in [-0.25, -0.2) is 9.59 Å². The molecule has 2 heterocycles. The highest BCUT2D eigenvalue weighted by molar-refractivity contribution is 5.98. The number of phenolic OH excluding ortho intramolecular Hbond substituents is 1. The van der Waals surface area contributed by atoms with Gasteiger partial charge in [-0.1, -0.05) is 95.7 Å². The first kappa shape index (κ1) is 63.4. The standard InChI is InChI=1S/C57H80N8O15/c1-8-13-44(68)58-41(28-35-16-20-37(66)21-17-35)50(71)60-40(56(77)78)24-26-45(69)62-48-33(6)80-57(79)47(32(5)9-2)63-52(73)43(30-34-14-11-10-12-15-34)64(7)55(76)49(31(3)4)65-46(70)27-25-39(54(65)75)59-51(72)42(61-53(48)74)29-36-18-22-38(67)23-19-36/h10-12,14-18,20-22,31-33,36,38-43,46-49,66-67,70H,8-9,13,19,23-30H2,1-7H3,(H,58,68)(H,59,72)(H,60,71)(H,61,74)(H,62,69)(H,63,73)(H,77,78)/t32-,33+,36-,38-,39?,40?,41-,42-,43-,46+,47-,48-,49-/m0/s1. The van der Waals surface area contributed by atoms with Gasteiger partial charge < -0.3 is 66.9 Å². The van der Waals surface area contributed by atoms with Gasteiger partial charge in [-0.3, -0.25) is 38.4 Å². The van der Waals surface area contributed by atoms with Crippen LogP contribution in [0.3, 0.4) is 0 Å². The fourth-order valence-corrected chi connectivity index (χ4v) is 10.1. The third-order valence-corrected chi connectivity index (χ3v) is 15.0. The summed E-state index contributed by atoms with van der Waals surface area (Å²) >= 11 is 0. The van der Waals surface area contributed by atoms with Crippen LogP contribution < -0.4 is 31.9 Å². The molecule has 13 atom stereocenters. The Balaban J connectivity index is 1.52. The van der Waals surface area contributed by atoms with Gasteiger partial charge >= 0.3 is 11.9 Å². The van der Waals surface area contributed by atoms with Crippen LogP contribution in [0.1, 0.15) is 117 Å². The third-order valence-electron chi connectivity index (χ3n) is 15.0. The normalized spacial score (nSPS) is 26.5. The number of aromatic hydroxyl groups is 1. The number of hydrogen-bond acceptors (Lipinski definition) is 14. The van der Waals surface area contributed by atoms with Crippen LogP contribution in [0.2, 0.25) is 0 Å². The van der Waals surface area contributed by atoms with E-state index in [2.05, 4.69) is 31.9 Å². The molecule has 10 N–H and O–H groups in total. The summed E-state index contributed by atoms with van der Waals surface area (Å²) in [5.41, 5.74) is 1.17. The molecular weight excluding hydrogens is 1040 g/mol. The van der Waals surface area contributed by atoms with Crippen LogP contribution in [-0.4, -0.2) is 163 Å². The molecule has 0 spiro atoms. The molecule has 2 bridgehead atoms. The molecule has 2 aromatic carbocycles. The van der Waals surface area contributed by atoms with Crippen molar-refractivity contribution < 1.29 is 73.1 Å². The number of carboxylic acids is 1. The van der Waals surface area contributed by atoms with Crippen molar-refractivity contribution in [3.05, 3.63) is 77.9 Å². The van der Waals surface area contributed by atoms with Crippen LogP contribution in [0.25, 0.3) is 0 Å². The number of carbonyl (C=O) groups excluding carboxylic acids is 9. The van der Waals surface area contributed by atoms with E-state index in [4.69, 9.17) is 4.74 Å². The van der Waals surface area contributed by atoms with Crippen LogP contribution >= 0.6 is 0 Å². The van der Waals surface area contributed by atoms with Crippen molar-refractivity contribution >= 4 is 59.2 Å². The van der Waals surface area contributed by atoms with Crippen molar-refractivity contribution in [2.24, 2.45) is 17.8 Å². The quantitative estimate of drug-likeness (QED) is 0.0699. The maximum atomic E-state index is 14.9. The lowest BCUT2D eigenvalue weighted by molar-refractivity contribution is -0.167. The summed E-state index contributed by atoms with van der Waals surface area (Å²) in [5.74, 6) is -10.8. The zero-order valence-electron chi connectivity index (χ0n) is 46.6. The predicted molar refractivity (Wildman–Crippen MR) is 290 cm³/mol. The minimum Gasteiger partial charge on any atom is -0.508 e. The first-order chi connectivity index (χ1) is 37.9. The van der Waals surface area contributed by atoms with Gasteiger partial charge in [0, 0.05) is 32.7 Å². The van der Waals surface area contributed by atoms with Gasteiger partial charge in [0.1, 0.15) is 66.4 Å². The Morgan fingerprint density at radius 1 is 0.762 bits per heavy atom. The fourth-order valence-electron chi connectivity index (χ4n) is 10.1. The zero-order valence-corrected chi connectivity index (χ0v) is 46.6. The summed E-state index contributed by atoms with van der Waals surface area (Å²) in [4.78, 5) is 143. The van der Waals surface area contributed by atoms with Crippen molar-refractivity contribution in [2.75, 3.05) is 7.05 Å². The lowest BCUT2D eigenvalue weighted by Gasteiger charge is -2.44. The number of carboxylic acid groups (broad SMARTS) is 1. The second-order valence-corrected chi connectivity index (χ2v) is 21.5. The number of piperidine rings is 1. The number of nitrogens with zero attached hydrogens (tertiary/aromatic N) is 2. The van der Waals surface area contributed by atoms with Crippen molar-refractivity contribution in [2.45, 2.75) is 185 Å². The molecule has 438 valence electrons. The number of hydrogen-bond donors (Lipinski definition) is 10. The number of carbonyl (C=O) groups is 10. The summed E-state index contributed by atoms with van der Waals surface area (Å²) < 4.78 is 5.96. The first-order valence-corrected chi connectivity index (χ1v) is 27.6. The van der Waals surface area contributed by atoms with E-state index in [0.717, 1.165) is 4.90 Å². The first-order valence-electron chi connectivity index (χ1n) is 27.6. The van der Waals surface area contributed by atoms with E-state index in [1.54, 1.807) is 77.1 Å². The number of nitrogens with one attached hydrogen (secondary N) is 6. The summed E-state index contributed by atoms with van der Waals surface area (Å²) in [5, 5.41) is 57.5. The number of aliphatic carboxylic acids is 1. The summed E-state index contributed by atoms with van der Waals surface area (Å²) in [6.07, 6.45) is -0.565. The van der Waals surface area contributed by atoms with E-state index in [1.807, 2.05) is 0 Å². The van der Waals surface area contributed by atoms with Gasteiger partial charge in [0.05, 0.1) is 6.10 Å². The largest absolute Gasteiger partial charge is 0.508 e. The molecule has 2 unspecified atom stereocenters. The number of fused-ring (bicyclic) bond motifs is 2. The number of aliphatic hydroxyl groups is 2. The summed E-state index contributed by atoms with van der Waals surface area (Å²) in [6.45, 7) is 9.82. The molecule has 1 aliphatic carbocycles. The second-order valence-electron chi connectivity index (χ2n) is 21.5. The van der Waals surface area contributed by atoms with Gasteiger partial charge in [0.2, 0.25) is 47.3 Å². The number of esters is 1. The molecule has 0 saturated carbocycles. The molecule has 0 aromatic heterocycles. The number of benzene rings is 2. The molecule has 2 aromatic rings. The Bertz CT molecular complexity index is 2550.